The number of aromatic nitrogens is 2. The summed E-state index contributed by atoms with van der Waals surface area (Å²) < 4.78 is 37.1. The van der Waals surface area contributed by atoms with Crippen LogP contribution in [-0.2, 0) is 11.3 Å². The first-order chi connectivity index (χ1) is 7.42. The van der Waals surface area contributed by atoms with Crippen LogP contribution >= 0.6 is 0 Å². The second kappa shape index (κ2) is 4.93. The molecular formula is C9H9F3N2O2. The van der Waals surface area contributed by atoms with Gasteiger partial charge >= 0.3 is 6.18 Å². The molecule has 1 heterocycles. The standard InChI is InChI=1S/C9H9F3N2O2/c10-9(11,12)6-14-4-3-13-8(14)2-1-7(16)5-15/h1-4,15H,5-6H2/b2-1+. The third-order valence-electron chi connectivity index (χ3n) is 1.67. The highest BCUT2D eigenvalue weighted by molar-refractivity contribution is 5.93. The number of hydrogen-bond acceptors (Lipinski definition) is 3. The Hall–Kier alpha value is -1.63. The zero-order valence-electron chi connectivity index (χ0n) is 8.11. The molecule has 16 heavy (non-hydrogen) atoms. The molecule has 1 rings (SSSR count). The van der Waals surface area contributed by atoms with Crippen molar-refractivity contribution < 1.29 is 23.1 Å². The number of halogens is 3. The van der Waals surface area contributed by atoms with Crippen LogP contribution in [0.25, 0.3) is 6.08 Å². The van der Waals surface area contributed by atoms with Gasteiger partial charge in [-0.2, -0.15) is 13.2 Å². The van der Waals surface area contributed by atoms with Crippen LogP contribution in [0.3, 0.4) is 0 Å². The van der Waals surface area contributed by atoms with E-state index < -0.39 is 25.1 Å². The van der Waals surface area contributed by atoms with E-state index in [1.165, 1.54) is 6.20 Å². The average Bonchev–Trinajstić information content (AvgIpc) is 2.59. The number of hydrogen-bond donors (Lipinski definition) is 1. The molecule has 0 saturated carbocycles. The molecule has 0 spiro atoms. The summed E-state index contributed by atoms with van der Waals surface area (Å²) >= 11 is 0. The van der Waals surface area contributed by atoms with Gasteiger partial charge in [0, 0.05) is 12.4 Å². The number of aliphatic hydroxyl groups is 1. The fourth-order valence-electron chi connectivity index (χ4n) is 1.03. The van der Waals surface area contributed by atoms with Gasteiger partial charge in [0.05, 0.1) is 0 Å². The Morgan fingerprint density at radius 1 is 1.56 bits per heavy atom. The fraction of sp³-hybridized carbons (Fsp3) is 0.333. The largest absolute Gasteiger partial charge is 0.406 e. The molecule has 0 aliphatic rings. The molecule has 7 heteroatoms. The van der Waals surface area contributed by atoms with Crippen LogP contribution < -0.4 is 0 Å². The summed E-state index contributed by atoms with van der Waals surface area (Å²) in [6.07, 6.45) is 0.134. The van der Waals surface area contributed by atoms with E-state index in [9.17, 15) is 18.0 Å². The lowest BCUT2D eigenvalue weighted by atomic mass is 10.3. The minimum atomic E-state index is -4.34. The minimum Gasteiger partial charge on any atom is -0.388 e. The molecule has 0 saturated heterocycles. The lowest BCUT2D eigenvalue weighted by Gasteiger charge is -2.08. The van der Waals surface area contributed by atoms with Crippen LogP contribution in [0.5, 0.6) is 0 Å². The first kappa shape index (κ1) is 12.4. The normalized spacial score (nSPS) is 12.2. The molecule has 0 fully saturated rings. The highest BCUT2D eigenvalue weighted by Crippen LogP contribution is 2.18. The van der Waals surface area contributed by atoms with Gasteiger partial charge < -0.3 is 9.67 Å². The molecule has 0 amide bonds. The number of rotatable bonds is 4. The molecule has 1 aromatic rings. The topological polar surface area (TPSA) is 55.1 Å². The predicted molar refractivity (Wildman–Crippen MR) is 49.4 cm³/mol. The molecule has 88 valence electrons. The van der Waals surface area contributed by atoms with Crippen LogP contribution in [0.15, 0.2) is 18.5 Å². The van der Waals surface area contributed by atoms with Gasteiger partial charge in [-0.05, 0) is 12.2 Å². The quantitative estimate of drug-likeness (QED) is 0.791. The summed E-state index contributed by atoms with van der Waals surface area (Å²) in [6, 6.07) is 0. The third-order valence-corrected chi connectivity index (χ3v) is 1.67. The maximum absolute atomic E-state index is 12.1. The molecule has 4 nitrogen and oxygen atoms in total. The molecule has 0 atom stereocenters. The summed E-state index contributed by atoms with van der Waals surface area (Å²) in [5.41, 5.74) is 0. The van der Waals surface area contributed by atoms with Gasteiger partial charge in [0.2, 0.25) is 0 Å². The van der Waals surface area contributed by atoms with E-state index >= 15 is 0 Å². The molecule has 0 unspecified atom stereocenters. The molecule has 0 bridgehead atoms. The van der Waals surface area contributed by atoms with E-state index in [1.807, 2.05) is 0 Å². The van der Waals surface area contributed by atoms with Crippen LogP contribution in [0.4, 0.5) is 13.2 Å². The highest BCUT2D eigenvalue weighted by Gasteiger charge is 2.28. The Balaban J connectivity index is 2.79. The molecule has 0 aliphatic heterocycles. The molecule has 1 N–H and O–H groups in total. The smallest absolute Gasteiger partial charge is 0.388 e. The molecule has 0 aliphatic carbocycles. The Kier molecular flexibility index (Phi) is 3.83. The Bertz CT molecular complexity index is 396. The SMILES string of the molecule is O=C(/C=C/c1nccn1CC(F)(F)F)CO. The lowest BCUT2D eigenvalue weighted by molar-refractivity contribution is -0.140. The van der Waals surface area contributed by atoms with E-state index in [2.05, 4.69) is 4.98 Å². The number of nitrogens with zero attached hydrogens (tertiary/aromatic N) is 2. The van der Waals surface area contributed by atoms with Crippen LogP contribution in [0, 0.1) is 0 Å². The zero-order valence-corrected chi connectivity index (χ0v) is 8.11. The summed E-state index contributed by atoms with van der Waals surface area (Å²) in [6.45, 7) is -1.85. The van der Waals surface area contributed by atoms with Crippen LogP contribution in [0.1, 0.15) is 5.82 Å². The number of carbonyl (C=O) groups is 1. The lowest BCUT2D eigenvalue weighted by Crippen LogP contribution is -2.18. The molecule has 0 aromatic carbocycles. The van der Waals surface area contributed by atoms with E-state index in [0.717, 1.165) is 22.9 Å². The van der Waals surface area contributed by atoms with Crippen molar-refractivity contribution in [2.45, 2.75) is 12.7 Å². The van der Waals surface area contributed by atoms with E-state index in [-0.39, 0.29) is 5.82 Å². The number of imidazole rings is 1. The Morgan fingerprint density at radius 3 is 2.81 bits per heavy atom. The highest BCUT2D eigenvalue weighted by atomic mass is 19.4. The number of ketones is 1. The first-order valence-corrected chi connectivity index (χ1v) is 4.32. The number of alkyl halides is 3. The number of carbonyl (C=O) groups excluding carboxylic acids is 1. The van der Waals surface area contributed by atoms with Gasteiger partial charge in [-0.15, -0.1) is 0 Å². The van der Waals surface area contributed by atoms with Crippen molar-refractivity contribution in [3.63, 3.8) is 0 Å². The number of aliphatic hydroxyl groups excluding tert-OH is 1. The summed E-state index contributed by atoms with van der Waals surface area (Å²) in [5.74, 6) is -0.583. The second-order valence-corrected chi connectivity index (χ2v) is 2.99. The van der Waals surface area contributed by atoms with Gasteiger partial charge in [0.25, 0.3) is 0 Å². The van der Waals surface area contributed by atoms with Crippen molar-refractivity contribution in [1.29, 1.82) is 0 Å². The Labute approximate surface area is 89.0 Å². The van der Waals surface area contributed by atoms with Crippen molar-refractivity contribution in [3.8, 4) is 0 Å². The van der Waals surface area contributed by atoms with Crippen LogP contribution in [-0.4, -0.2) is 33.2 Å². The maximum atomic E-state index is 12.1. The molecular weight excluding hydrogens is 225 g/mol. The minimum absolute atomic E-state index is 0.0131. The van der Waals surface area contributed by atoms with Gasteiger partial charge in [-0.1, -0.05) is 0 Å². The zero-order chi connectivity index (χ0) is 12.2. The Morgan fingerprint density at radius 2 is 2.25 bits per heavy atom. The second-order valence-electron chi connectivity index (χ2n) is 2.99. The monoisotopic (exact) mass is 234 g/mol. The molecule has 0 radical (unpaired) electrons. The summed E-state index contributed by atoms with van der Waals surface area (Å²) in [4.78, 5) is 14.4. The predicted octanol–water partition coefficient (Wildman–Crippen LogP) is 1.02. The van der Waals surface area contributed by atoms with Gasteiger partial charge in [0.15, 0.2) is 5.78 Å². The van der Waals surface area contributed by atoms with Gasteiger partial charge in [-0.3, -0.25) is 4.79 Å². The van der Waals surface area contributed by atoms with Crippen LogP contribution in [0.2, 0.25) is 0 Å². The summed E-state index contributed by atoms with van der Waals surface area (Å²) in [5, 5.41) is 8.41. The van der Waals surface area contributed by atoms with Crippen molar-refractivity contribution >= 4 is 11.9 Å². The molecule has 1 aromatic heterocycles. The van der Waals surface area contributed by atoms with Crippen molar-refractivity contribution in [1.82, 2.24) is 9.55 Å². The van der Waals surface area contributed by atoms with E-state index in [4.69, 9.17) is 5.11 Å². The van der Waals surface area contributed by atoms with Gasteiger partial charge in [-0.25, -0.2) is 4.98 Å². The summed E-state index contributed by atoms with van der Waals surface area (Å²) in [7, 11) is 0. The first-order valence-electron chi connectivity index (χ1n) is 4.32. The van der Waals surface area contributed by atoms with Crippen molar-refractivity contribution in [3.05, 3.63) is 24.3 Å². The van der Waals surface area contributed by atoms with Crippen molar-refractivity contribution in [2.75, 3.05) is 6.61 Å². The van der Waals surface area contributed by atoms with Crippen molar-refractivity contribution in [2.24, 2.45) is 0 Å². The van der Waals surface area contributed by atoms with E-state index in [0.29, 0.717) is 0 Å². The van der Waals surface area contributed by atoms with E-state index in [1.54, 1.807) is 0 Å². The van der Waals surface area contributed by atoms with Gasteiger partial charge in [0.1, 0.15) is 19.0 Å². The third kappa shape index (κ3) is 3.85. The fourth-order valence-corrected chi connectivity index (χ4v) is 1.03. The maximum Gasteiger partial charge on any atom is 0.406 e. The average molecular weight is 234 g/mol.